The summed E-state index contributed by atoms with van der Waals surface area (Å²) in [6.45, 7) is 6.46. The van der Waals surface area contributed by atoms with Crippen LogP contribution >= 0.6 is 0 Å². The lowest BCUT2D eigenvalue weighted by Gasteiger charge is -2.30. The third-order valence-electron chi connectivity index (χ3n) is 7.14. The van der Waals surface area contributed by atoms with Crippen LogP contribution in [0.5, 0.6) is 0 Å². The molecule has 0 fully saturated rings. The molecule has 0 unspecified atom stereocenters. The molecule has 2 aliphatic heterocycles. The molecular formula is C29H25B2N3O. The number of nitrogens with zero attached hydrogens (tertiary/aromatic N) is 3. The lowest BCUT2D eigenvalue weighted by molar-refractivity contribution is 0.388. The second-order valence-electron chi connectivity index (χ2n) is 10.5. The van der Waals surface area contributed by atoms with Gasteiger partial charge in [-0.05, 0) is 22.3 Å². The van der Waals surface area contributed by atoms with Crippen LogP contribution in [-0.2, 0) is 5.41 Å². The maximum Gasteiger partial charge on any atom is 0.329 e. The summed E-state index contributed by atoms with van der Waals surface area (Å²) < 4.78 is 6.58. The molecule has 4 aromatic carbocycles. The van der Waals surface area contributed by atoms with Gasteiger partial charge in [-0.15, -0.1) is 0 Å². The predicted molar refractivity (Wildman–Crippen MR) is 146 cm³/mol. The van der Waals surface area contributed by atoms with Crippen molar-refractivity contribution in [3.63, 3.8) is 0 Å². The summed E-state index contributed by atoms with van der Waals surface area (Å²) in [7, 11) is 0. The van der Waals surface area contributed by atoms with Gasteiger partial charge in [-0.2, -0.15) is 0 Å². The fourth-order valence-corrected chi connectivity index (χ4v) is 5.52. The van der Waals surface area contributed by atoms with Crippen LogP contribution in [0, 0.1) is 0 Å². The molecule has 0 aliphatic carbocycles. The zero-order valence-electron chi connectivity index (χ0n) is 20.1. The Morgan fingerprint density at radius 3 is 1.91 bits per heavy atom. The van der Waals surface area contributed by atoms with Crippen LogP contribution in [0.4, 0.5) is 11.6 Å². The number of oxazole rings is 1. The minimum Gasteiger partial charge on any atom is -0.423 e. The second kappa shape index (κ2) is 7.37. The first-order valence-electron chi connectivity index (χ1n) is 12.2. The molecule has 2 aliphatic rings. The van der Waals surface area contributed by atoms with Crippen molar-refractivity contribution in [3.05, 3.63) is 103 Å². The Morgan fingerprint density at radius 2 is 1.29 bits per heavy atom. The van der Waals surface area contributed by atoms with E-state index >= 15 is 0 Å². The number of anilines is 2. The standard InChI is InChI=1S/C29H25B2N3O/c1-29(2,3)28-32-26-27(35-28)33-25-19-21-13-11-10-12-20(21)18-24(25)30(22-14-6-4-7-15-22)34(33)31(26)23-16-8-5-9-17-23/h4-19H,1-3H3. The van der Waals surface area contributed by atoms with E-state index in [1.54, 1.807) is 0 Å². The summed E-state index contributed by atoms with van der Waals surface area (Å²) >= 11 is 0. The van der Waals surface area contributed by atoms with Gasteiger partial charge in [0, 0.05) is 5.41 Å². The van der Waals surface area contributed by atoms with Crippen molar-refractivity contribution < 1.29 is 4.42 Å². The molecule has 5 aromatic rings. The smallest absolute Gasteiger partial charge is 0.329 e. The number of hydrogen-bond donors (Lipinski definition) is 0. The van der Waals surface area contributed by atoms with E-state index in [9.17, 15) is 0 Å². The topological polar surface area (TPSA) is 32.5 Å². The Labute approximate surface area is 206 Å². The Balaban J connectivity index is 1.53. The van der Waals surface area contributed by atoms with Crippen molar-refractivity contribution in [3.8, 4) is 0 Å². The predicted octanol–water partition coefficient (Wildman–Crippen LogP) is 3.72. The van der Waals surface area contributed by atoms with E-state index < -0.39 is 0 Å². The maximum absolute atomic E-state index is 6.58. The quantitative estimate of drug-likeness (QED) is 0.382. The average molecular weight is 453 g/mol. The van der Waals surface area contributed by atoms with Gasteiger partial charge in [-0.25, -0.2) is 4.98 Å². The molecule has 0 saturated carbocycles. The summed E-state index contributed by atoms with van der Waals surface area (Å²) in [5.74, 6) is 1.60. The highest BCUT2D eigenvalue weighted by Gasteiger charge is 2.56. The molecule has 0 bridgehead atoms. The van der Waals surface area contributed by atoms with Crippen molar-refractivity contribution >= 4 is 58.0 Å². The first-order valence-corrected chi connectivity index (χ1v) is 12.2. The molecule has 4 nitrogen and oxygen atoms in total. The van der Waals surface area contributed by atoms with Gasteiger partial charge in [0.1, 0.15) is 0 Å². The summed E-state index contributed by atoms with van der Waals surface area (Å²) in [5, 5.41) is 4.76. The number of fused-ring (bicyclic) bond motifs is 6. The average Bonchev–Trinajstić information content (AvgIpc) is 3.51. The molecule has 3 heterocycles. The fraction of sp³-hybridized carbons (Fsp3) is 0.138. The van der Waals surface area contributed by atoms with Gasteiger partial charge in [0.25, 0.3) is 0 Å². The Morgan fingerprint density at radius 1 is 0.714 bits per heavy atom. The third kappa shape index (κ3) is 3.03. The van der Waals surface area contributed by atoms with Crippen LogP contribution in [0.2, 0.25) is 0 Å². The van der Waals surface area contributed by atoms with Gasteiger partial charge in [0.2, 0.25) is 11.8 Å². The summed E-state index contributed by atoms with van der Waals surface area (Å²) in [5.41, 5.74) is 5.73. The van der Waals surface area contributed by atoms with Gasteiger partial charge in [0.15, 0.2) is 0 Å². The highest BCUT2D eigenvalue weighted by molar-refractivity contribution is 7.00. The molecule has 0 saturated heterocycles. The van der Waals surface area contributed by atoms with Crippen LogP contribution in [0.25, 0.3) is 10.8 Å². The van der Waals surface area contributed by atoms with Gasteiger partial charge in [-0.1, -0.05) is 123 Å². The molecule has 0 spiro atoms. The molecule has 0 N–H and O–H groups in total. The van der Waals surface area contributed by atoms with Crippen molar-refractivity contribution in [2.24, 2.45) is 0 Å². The molecule has 1 aromatic heterocycles. The van der Waals surface area contributed by atoms with E-state index in [1.165, 1.54) is 27.2 Å². The summed E-state index contributed by atoms with van der Waals surface area (Å²) in [4.78, 5) is 7.58. The first-order chi connectivity index (χ1) is 17.0. The molecule has 0 atom stereocenters. The minimum absolute atomic E-state index is 0.0449. The molecule has 6 heteroatoms. The van der Waals surface area contributed by atoms with Crippen molar-refractivity contribution in [1.82, 2.24) is 9.81 Å². The minimum atomic E-state index is -0.179. The van der Waals surface area contributed by atoms with Crippen LogP contribution in [0.3, 0.4) is 0 Å². The number of hydrogen-bond acceptors (Lipinski definition) is 4. The maximum atomic E-state index is 6.58. The van der Waals surface area contributed by atoms with Crippen molar-refractivity contribution in [2.45, 2.75) is 26.2 Å². The number of hydrazine groups is 1. The molecular weight excluding hydrogens is 428 g/mol. The molecule has 35 heavy (non-hydrogen) atoms. The summed E-state index contributed by atoms with van der Waals surface area (Å²) in [6, 6.07) is 34.7. The van der Waals surface area contributed by atoms with Crippen molar-refractivity contribution in [2.75, 3.05) is 5.01 Å². The van der Waals surface area contributed by atoms with Gasteiger partial charge >= 0.3 is 13.7 Å². The summed E-state index contributed by atoms with van der Waals surface area (Å²) in [6.07, 6.45) is 0. The van der Waals surface area contributed by atoms with Gasteiger partial charge in [-0.3, -0.25) is 9.84 Å². The fourth-order valence-electron chi connectivity index (χ4n) is 5.52. The molecule has 168 valence electrons. The lowest BCUT2D eigenvalue weighted by Crippen LogP contribution is -2.64. The zero-order valence-corrected chi connectivity index (χ0v) is 20.1. The van der Waals surface area contributed by atoms with Crippen LogP contribution in [0.15, 0.2) is 101 Å². The Hall–Kier alpha value is -3.76. The molecule has 7 rings (SSSR count). The number of benzene rings is 4. The normalized spacial score (nSPS) is 15.0. The van der Waals surface area contributed by atoms with E-state index in [1.807, 2.05) is 0 Å². The van der Waals surface area contributed by atoms with E-state index in [0.717, 1.165) is 23.1 Å². The Bertz CT molecular complexity index is 1560. The van der Waals surface area contributed by atoms with Gasteiger partial charge in [0.05, 0.1) is 11.3 Å². The second-order valence-corrected chi connectivity index (χ2v) is 10.5. The van der Waals surface area contributed by atoms with Crippen molar-refractivity contribution in [1.29, 1.82) is 0 Å². The molecule has 0 amide bonds. The monoisotopic (exact) mass is 453 g/mol. The Kier molecular flexibility index (Phi) is 4.34. The highest BCUT2D eigenvalue weighted by Crippen LogP contribution is 2.40. The largest absolute Gasteiger partial charge is 0.423 e. The van der Waals surface area contributed by atoms with Crippen LogP contribution in [-0.4, -0.2) is 23.5 Å². The number of rotatable bonds is 2. The van der Waals surface area contributed by atoms with E-state index in [-0.39, 0.29) is 19.1 Å². The van der Waals surface area contributed by atoms with E-state index in [2.05, 4.69) is 128 Å². The van der Waals surface area contributed by atoms with Crippen LogP contribution < -0.4 is 27.0 Å². The zero-order chi connectivity index (χ0) is 23.7. The first kappa shape index (κ1) is 20.6. The number of aromatic nitrogens is 1. The molecule has 0 radical (unpaired) electrons. The van der Waals surface area contributed by atoms with E-state index in [0.29, 0.717) is 0 Å². The van der Waals surface area contributed by atoms with E-state index in [4.69, 9.17) is 9.40 Å². The van der Waals surface area contributed by atoms with Gasteiger partial charge < -0.3 is 4.42 Å². The highest BCUT2D eigenvalue weighted by atomic mass is 16.4. The SMILES string of the molecule is CC(C)(C)c1nc2c(o1)N1c3cc4ccccc4cc3B(c3ccccc3)N1B2c1ccccc1. The lowest BCUT2D eigenvalue weighted by atomic mass is 9.41. The third-order valence-corrected chi connectivity index (χ3v) is 7.14. The van der Waals surface area contributed by atoms with Crippen LogP contribution in [0.1, 0.15) is 26.7 Å².